The molecule has 0 atom stereocenters. The van der Waals surface area contributed by atoms with Crippen molar-refractivity contribution in [3.05, 3.63) is 23.7 Å². The Morgan fingerprint density at radius 3 is 2.53 bits per heavy atom. The number of hydrogen-bond acceptors (Lipinski definition) is 3. The molecule has 0 unspecified atom stereocenters. The fraction of sp³-hybridized carbons (Fsp3) is 0.500. The van der Waals surface area contributed by atoms with E-state index >= 15 is 0 Å². The van der Waals surface area contributed by atoms with Gasteiger partial charge in [-0.1, -0.05) is 0 Å². The maximum absolute atomic E-state index is 12.2. The van der Waals surface area contributed by atoms with Gasteiger partial charge in [-0.25, -0.2) is 0 Å². The number of carbonyl (C=O) groups is 1. The van der Waals surface area contributed by atoms with Crippen molar-refractivity contribution in [1.29, 1.82) is 0 Å². The zero-order chi connectivity index (χ0) is 13.1. The predicted octanol–water partition coefficient (Wildman–Crippen LogP) is 1.55. The van der Waals surface area contributed by atoms with Gasteiger partial charge in [0.05, 0.1) is 0 Å². The van der Waals surface area contributed by atoms with Crippen LogP contribution in [0, 0.1) is 6.92 Å². The highest BCUT2D eigenvalue weighted by atomic mass is 19.4. The van der Waals surface area contributed by atoms with Crippen molar-refractivity contribution < 1.29 is 22.4 Å². The van der Waals surface area contributed by atoms with Crippen LogP contribution in [0.3, 0.4) is 0 Å². The number of halogens is 3. The molecule has 0 aromatic carbocycles. The molecule has 96 valence electrons. The van der Waals surface area contributed by atoms with Crippen LogP contribution in [0.5, 0.6) is 0 Å². The lowest BCUT2D eigenvalue weighted by molar-refractivity contribution is -0.140. The van der Waals surface area contributed by atoms with Crippen molar-refractivity contribution in [2.45, 2.75) is 13.1 Å². The second kappa shape index (κ2) is 5.22. The number of nitrogens with two attached hydrogens (primary N) is 1. The Hall–Kier alpha value is -1.50. The van der Waals surface area contributed by atoms with Crippen LogP contribution < -0.4 is 5.73 Å². The molecule has 4 nitrogen and oxygen atoms in total. The summed E-state index contributed by atoms with van der Waals surface area (Å²) in [7, 11) is 0. The van der Waals surface area contributed by atoms with Gasteiger partial charge in [-0.05, 0) is 19.1 Å². The monoisotopic (exact) mass is 250 g/mol. The Morgan fingerprint density at radius 2 is 2.12 bits per heavy atom. The number of rotatable bonds is 4. The molecule has 17 heavy (non-hydrogen) atoms. The first-order chi connectivity index (χ1) is 7.83. The lowest BCUT2D eigenvalue weighted by Gasteiger charge is -2.22. The summed E-state index contributed by atoms with van der Waals surface area (Å²) in [6.45, 7) is 0.0657. The molecular formula is C10H13F3N2O2. The zero-order valence-electron chi connectivity index (χ0n) is 9.25. The van der Waals surface area contributed by atoms with Crippen LogP contribution in [-0.4, -0.2) is 36.6 Å². The van der Waals surface area contributed by atoms with E-state index in [2.05, 4.69) is 0 Å². The third-order valence-electron chi connectivity index (χ3n) is 2.01. The molecule has 0 radical (unpaired) electrons. The van der Waals surface area contributed by atoms with Gasteiger partial charge in [-0.3, -0.25) is 4.79 Å². The summed E-state index contributed by atoms with van der Waals surface area (Å²) in [6, 6.07) is 2.86. The van der Waals surface area contributed by atoms with Gasteiger partial charge in [0.2, 0.25) is 0 Å². The predicted molar refractivity (Wildman–Crippen MR) is 54.5 cm³/mol. The molecule has 1 aromatic rings. The van der Waals surface area contributed by atoms with Gasteiger partial charge in [-0.2, -0.15) is 13.2 Å². The normalized spacial score (nSPS) is 11.6. The second-order valence-electron chi connectivity index (χ2n) is 3.54. The third kappa shape index (κ3) is 4.10. The van der Waals surface area contributed by atoms with Gasteiger partial charge in [0.1, 0.15) is 12.3 Å². The standard InChI is InChI=1S/C10H13F3N2O2/c1-7-2-3-8(17-7)9(16)15(5-4-14)6-10(11,12)13/h2-3H,4-6,14H2,1H3. The minimum absolute atomic E-state index is 0.0402. The Kier molecular flexibility index (Phi) is 4.17. The van der Waals surface area contributed by atoms with E-state index in [4.69, 9.17) is 10.2 Å². The molecule has 1 heterocycles. The van der Waals surface area contributed by atoms with E-state index in [9.17, 15) is 18.0 Å². The Bertz CT molecular complexity index is 387. The quantitative estimate of drug-likeness (QED) is 0.882. The van der Waals surface area contributed by atoms with E-state index in [0.29, 0.717) is 10.7 Å². The van der Waals surface area contributed by atoms with Crippen LogP contribution in [0.2, 0.25) is 0 Å². The first-order valence-corrected chi connectivity index (χ1v) is 4.96. The summed E-state index contributed by atoms with van der Waals surface area (Å²) in [5.74, 6) is -0.450. The number of hydrogen-bond donors (Lipinski definition) is 1. The van der Waals surface area contributed by atoms with Crippen LogP contribution in [-0.2, 0) is 0 Å². The second-order valence-corrected chi connectivity index (χ2v) is 3.54. The fourth-order valence-corrected chi connectivity index (χ4v) is 1.33. The van der Waals surface area contributed by atoms with Gasteiger partial charge in [-0.15, -0.1) is 0 Å². The highest BCUT2D eigenvalue weighted by Gasteiger charge is 2.33. The van der Waals surface area contributed by atoms with E-state index in [1.807, 2.05) is 0 Å². The molecule has 0 aliphatic carbocycles. The van der Waals surface area contributed by atoms with E-state index < -0.39 is 18.6 Å². The molecule has 0 saturated carbocycles. The summed E-state index contributed by atoms with van der Waals surface area (Å²) in [6.07, 6.45) is -4.45. The summed E-state index contributed by atoms with van der Waals surface area (Å²) >= 11 is 0. The largest absolute Gasteiger partial charge is 0.456 e. The molecule has 0 fully saturated rings. The van der Waals surface area contributed by atoms with Crippen LogP contribution in [0.1, 0.15) is 16.3 Å². The van der Waals surface area contributed by atoms with Gasteiger partial charge in [0.25, 0.3) is 5.91 Å². The molecule has 2 N–H and O–H groups in total. The maximum atomic E-state index is 12.2. The van der Waals surface area contributed by atoms with E-state index in [1.54, 1.807) is 6.92 Å². The van der Waals surface area contributed by atoms with Crippen LogP contribution in [0.15, 0.2) is 16.5 Å². The van der Waals surface area contributed by atoms with Gasteiger partial charge < -0.3 is 15.1 Å². The summed E-state index contributed by atoms with van der Waals surface area (Å²) in [5, 5.41) is 0. The van der Waals surface area contributed by atoms with Crippen molar-refractivity contribution in [2.24, 2.45) is 5.73 Å². The summed E-state index contributed by atoms with van der Waals surface area (Å²) in [4.78, 5) is 12.3. The SMILES string of the molecule is Cc1ccc(C(=O)N(CCN)CC(F)(F)F)o1. The number of furan rings is 1. The molecular weight excluding hydrogens is 237 g/mol. The number of amides is 1. The topological polar surface area (TPSA) is 59.5 Å². The Morgan fingerprint density at radius 1 is 1.47 bits per heavy atom. The smallest absolute Gasteiger partial charge is 0.406 e. The average Bonchev–Trinajstić information content (AvgIpc) is 2.61. The van der Waals surface area contributed by atoms with E-state index in [0.717, 1.165) is 0 Å². The molecule has 1 amide bonds. The molecule has 0 aliphatic rings. The summed E-state index contributed by atoms with van der Waals surface area (Å²) < 4.78 is 41.7. The lowest BCUT2D eigenvalue weighted by Crippen LogP contribution is -2.41. The van der Waals surface area contributed by atoms with Gasteiger partial charge >= 0.3 is 6.18 Å². The maximum Gasteiger partial charge on any atom is 0.406 e. The molecule has 1 aromatic heterocycles. The number of alkyl halides is 3. The molecule has 7 heteroatoms. The van der Waals surface area contributed by atoms with Crippen molar-refractivity contribution in [2.75, 3.05) is 19.6 Å². The Labute approximate surface area is 96.2 Å². The first kappa shape index (κ1) is 13.6. The third-order valence-corrected chi connectivity index (χ3v) is 2.01. The van der Waals surface area contributed by atoms with Crippen molar-refractivity contribution >= 4 is 5.91 Å². The molecule has 1 rings (SSSR count). The molecule has 0 saturated heterocycles. The summed E-state index contributed by atoms with van der Waals surface area (Å²) in [5.41, 5.74) is 5.18. The minimum atomic E-state index is -4.45. The minimum Gasteiger partial charge on any atom is -0.456 e. The van der Waals surface area contributed by atoms with Crippen molar-refractivity contribution in [3.63, 3.8) is 0 Å². The van der Waals surface area contributed by atoms with Crippen LogP contribution >= 0.6 is 0 Å². The molecule has 0 bridgehead atoms. The first-order valence-electron chi connectivity index (χ1n) is 4.96. The number of nitrogens with zero attached hydrogens (tertiary/aromatic N) is 1. The van der Waals surface area contributed by atoms with E-state index in [-0.39, 0.29) is 18.8 Å². The van der Waals surface area contributed by atoms with Gasteiger partial charge in [0.15, 0.2) is 5.76 Å². The van der Waals surface area contributed by atoms with Crippen LogP contribution in [0.25, 0.3) is 0 Å². The fourth-order valence-electron chi connectivity index (χ4n) is 1.33. The van der Waals surface area contributed by atoms with Gasteiger partial charge in [0, 0.05) is 13.1 Å². The van der Waals surface area contributed by atoms with Crippen LogP contribution in [0.4, 0.5) is 13.2 Å². The highest BCUT2D eigenvalue weighted by molar-refractivity contribution is 5.91. The number of carbonyl (C=O) groups excluding carboxylic acids is 1. The van der Waals surface area contributed by atoms with Crippen molar-refractivity contribution in [3.8, 4) is 0 Å². The van der Waals surface area contributed by atoms with Crippen molar-refractivity contribution in [1.82, 2.24) is 4.90 Å². The van der Waals surface area contributed by atoms with E-state index in [1.165, 1.54) is 12.1 Å². The molecule has 0 spiro atoms. The molecule has 0 aliphatic heterocycles. The zero-order valence-corrected chi connectivity index (χ0v) is 9.25. The highest BCUT2D eigenvalue weighted by Crippen LogP contribution is 2.18. The number of aryl methyl sites for hydroxylation is 1. The average molecular weight is 250 g/mol. The Balaban J connectivity index is 2.80. The lowest BCUT2D eigenvalue weighted by atomic mass is 10.3.